The number of carbonyl (C=O) groups excluding carboxylic acids is 2. The Labute approximate surface area is 169 Å². The molecule has 1 aliphatic rings. The molecule has 28 heavy (non-hydrogen) atoms. The minimum Gasteiger partial charge on any atom is -0.393 e. The van der Waals surface area contributed by atoms with E-state index in [0.29, 0.717) is 43.7 Å². The van der Waals surface area contributed by atoms with E-state index in [1.807, 2.05) is 12.3 Å². The summed E-state index contributed by atoms with van der Waals surface area (Å²) in [4.78, 5) is 32.9. The number of benzene rings is 1. The van der Waals surface area contributed by atoms with E-state index in [4.69, 9.17) is 0 Å². The summed E-state index contributed by atoms with van der Waals surface area (Å²) in [5.41, 5.74) is 2.11. The average Bonchev–Trinajstić information content (AvgIpc) is 3.19. The lowest BCUT2D eigenvalue weighted by atomic mass is 10.1. The smallest absolute Gasteiger partial charge is 0.253 e. The number of aliphatic hydroxyl groups excluding tert-OH is 1. The van der Waals surface area contributed by atoms with Gasteiger partial charge in [0.2, 0.25) is 0 Å². The van der Waals surface area contributed by atoms with Gasteiger partial charge in [-0.05, 0) is 49.6 Å². The van der Waals surface area contributed by atoms with Crippen molar-refractivity contribution in [2.45, 2.75) is 38.8 Å². The Bertz CT molecular complexity index is 839. The van der Waals surface area contributed by atoms with Crippen molar-refractivity contribution in [2.75, 3.05) is 18.0 Å². The zero-order chi connectivity index (χ0) is 20.1. The van der Waals surface area contributed by atoms with Crippen LogP contribution >= 0.6 is 11.3 Å². The highest BCUT2D eigenvalue weighted by atomic mass is 32.1. The first-order valence-corrected chi connectivity index (χ1v) is 10.3. The molecule has 1 aromatic carbocycles. The van der Waals surface area contributed by atoms with Crippen LogP contribution in [-0.4, -0.2) is 46.0 Å². The van der Waals surface area contributed by atoms with E-state index in [2.05, 4.69) is 11.6 Å². The minimum atomic E-state index is -0.316. The van der Waals surface area contributed by atoms with Gasteiger partial charge in [-0.25, -0.2) is 4.98 Å². The Morgan fingerprint density at radius 3 is 2.57 bits per heavy atom. The Kier molecular flexibility index (Phi) is 6.59. The molecule has 0 radical (unpaired) electrons. The van der Waals surface area contributed by atoms with Crippen LogP contribution in [0.5, 0.6) is 0 Å². The summed E-state index contributed by atoms with van der Waals surface area (Å²) in [5.74, 6) is -0.262. The number of anilines is 1. The van der Waals surface area contributed by atoms with Crippen molar-refractivity contribution in [2.24, 2.45) is 0 Å². The fraction of sp³-hybridized carbons (Fsp3) is 0.381. The quantitative estimate of drug-likeness (QED) is 0.758. The van der Waals surface area contributed by atoms with E-state index in [1.54, 1.807) is 45.4 Å². The second-order valence-electron chi connectivity index (χ2n) is 6.78. The Morgan fingerprint density at radius 2 is 2.00 bits per heavy atom. The number of nitrogens with zero attached hydrogens (tertiary/aromatic N) is 3. The van der Waals surface area contributed by atoms with E-state index in [9.17, 15) is 14.7 Å². The van der Waals surface area contributed by atoms with Gasteiger partial charge in [0.25, 0.3) is 11.8 Å². The van der Waals surface area contributed by atoms with Crippen molar-refractivity contribution in [3.63, 3.8) is 0 Å². The minimum absolute atomic E-state index is 0.0489. The molecule has 0 bridgehead atoms. The van der Waals surface area contributed by atoms with Crippen LogP contribution in [0.4, 0.5) is 5.69 Å². The van der Waals surface area contributed by atoms with Crippen LogP contribution < -0.4 is 4.90 Å². The van der Waals surface area contributed by atoms with Crippen molar-refractivity contribution in [1.29, 1.82) is 0 Å². The van der Waals surface area contributed by atoms with Gasteiger partial charge in [-0.1, -0.05) is 13.5 Å². The van der Waals surface area contributed by atoms with Gasteiger partial charge in [0.15, 0.2) is 0 Å². The molecular weight excluding hydrogens is 374 g/mol. The third-order valence-corrected chi connectivity index (χ3v) is 5.88. The van der Waals surface area contributed by atoms with Crippen LogP contribution in [0.15, 0.2) is 42.3 Å². The van der Waals surface area contributed by atoms with Gasteiger partial charge in [-0.2, -0.15) is 0 Å². The molecule has 1 aromatic heterocycles. The molecule has 0 aliphatic carbocycles. The van der Waals surface area contributed by atoms with E-state index in [1.165, 1.54) is 6.08 Å². The van der Waals surface area contributed by atoms with Crippen molar-refractivity contribution >= 4 is 28.8 Å². The molecule has 1 N–H and O–H groups in total. The molecule has 1 aliphatic heterocycles. The lowest BCUT2D eigenvalue weighted by molar-refractivity contribution is -0.114. The lowest BCUT2D eigenvalue weighted by Gasteiger charge is -2.29. The van der Waals surface area contributed by atoms with E-state index in [0.717, 1.165) is 17.1 Å². The third kappa shape index (κ3) is 4.66. The number of aromatic nitrogens is 1. The molecule has 1 saturated heterocycles. The monoisotopic (exact) mass is 399 g/mol. The molecule has 7 heteroatoms. The van der Waals surface area contributed by atoms with Gasteiger partial charge in [0.05, 0.1) is 23.4 Å². The number of aliphatic hydroxyl groups is 1. The van der Waals surface area contributed by atoms with E-state index >= 15 is 0 Å². The summed E-state index contributed by atoms with van der Waals surface area (Å²) in [6.07, 6.45) is 3.05. The zero-order valence-corrected chi connectivity index (χ0v) is 16.8. The molecule has 2 amide bonds. The first-order chi connectivity index (χ1) is 13.5. The van der Waals surface area contributed by atoms with E-state index in [-0.39, 0.29) is 17.9 Å². The van der Waals surface area contributed by atoms with Crippen LogP contribution in [-0.2, 0) is 17.8 Å². The maximum atomic E-state index is 12.6. The van der Waals surface area contributed by atoms with Crippen LogP contribution in [0.2, 0.25) is 0 Å². The molecule has 0 atom stereocenters. The molecule has 148 valence electrons. The molecular formula is C21H25N3O3S. The van der Waals surface area contributed by atoms with Gasteiger partial charge in [-0.15, -0.1) is 11.3 Å². The predicted molar refractivity (Wildman–Crippen MR) is 110 cm³/mol. The molecule has 2 heterocycles. The van der Waals surface area contributed by atoms with Crippen LogP contribution in [0.1, 0.15) is 40.8 Å². The fourth-order valence-corrected chi connectivity index (χ4v) is 3.92. The highest BCUT2D eigenvalue weighted by molar-refractivity contribution is 7.09. The number of hydrogen-bond donors (Lipinski definition) is 1. The summed E-state index contributed by atoms with van der Waals surface area (Å²) < 4.78 is 0. The fourth-order valence-electron chi connectivity index (χ4n) is 3.19. The SMILES string of the molecule is C=CC(=O)N(Cc1csc(CC)n1)c1ccc(C(=O)N2CCC(O)CC2)cc1. The van der Waals surface area contributed by atoms with Crippen molar-refractivity contribution in [1.82, 2.24) is 9.88 Å². The number of amides is 2. The topological polar surface area (TPSA) is 73.7 Å². The number of likely N-dealkylation sites (tertiary alicyclic amines) is 1. The first-order valence-electron chi connectivity index (χ1n) is 9.46. The number of rotatable bonds is 6. The zero-order valence-electron chi connectivity index (χ0n) is 16.0. The number of piperidine rings is 1. The number of carbonyl (C=O) groups is 2. The molecule has 3 rings (SSSR count). The lowest BCUT2D eigenvalue weighted by Crippen LogP contribution is -2.40. The van der Waals surface area contributed by atoms with Gasteiger partial charge in [0.1, 0.15) is 0 Å². The maximum Gasteiger partial charge on any atom is 0.253 e. The maximum absolute atomic E-state index is 12.6. The van der Waals surface area contributed by atoms with Crippen molar-refractivity contribution in [3.8, 4) is 0 Å². The molecule has 1 fully saturated rings. The third-order valence-electron chi connectivity index (χ3n) is 4.84. The summed E-state index contributed by atoms with van der Waals surface area (Å²) in [5, 5.41) is 12.6. The Morgan fingerprint density at radius 1 is 1.32 bits per heavy atom. The molecule has 6 nitrogen and oxygen atoms in total. The second-order valence-corrected chi connectivity index (χ2v) is 7.73. The summed E-state index contributed by atoms with van der Waals surface area (Å²) >= 11 is 1.59. The first kappa shape index (κ1) is 20.2. The normalized spacial score (nSPS) is 14.7. The highest BCUT2D eigenvalue weighted by Gasteiger charge is 2.23. The van der Waals surface area contributed by atoms with Gasteiger partial charge in [-0.3, -0.25) is 9.59 Å². The molecule has 0 unspecified atom stereocenters. The van der Waals surface area contributed by atoms with Gasteiger partial charge in [0, 0.05) is 29.7 Å². The molecule has 0 spiro atoms. The summed E-state index contributed by atoms with van der Waals surface area (Å²) in [6.45, 7) is 7.13. The summed E-state index contributed by atoms with van der Waals surface area (Å²) in [7, 11) is 0. The number of thiazole rings is 1. The number of aryl methyl sites for hydroxylation is 1. The van der Waals surface area contributed by atoms with Crippen LogP contribution in [0.25, 0.3) is 0 Å². The Hall–Kier alpha value is -2.51. The largest absolute Gasteiger partial charge is 0.393 e. The van der Waals surface area contributed by atoms with Crippen LogP contribution in [0.3, 0.4) is 0 Å². The second kappa shape index (κ2) is 9.12. The van der Waals surface area contributed by atoms with Crippen molar-refractivity contribution in [3.05, 3.63) is 58.6 Å². The highest BCUT2D eigenvalue weighted by Crippen LogP contribution is 2.22. The molecule has 2 aromatic rings. The summed E-state index contributed by atoms with van der Waals surface area (Å²) in [6, 6.07) is 7.04. The average molecular weight is 400 g/mol. The standard InChI is InChI=1S/C21H25N3O3S/c1-3-19-22-16(14-28-19)13-24(20(26)4-2)17-7-5-15(6-8-17)21(27)23-11-9-18(25)10-12-23/h4-8,14,18,25H,2-3,9-13H2,1H3. The predicted octanol–water partition coefficient (Wildman–Crippen LogP) is 3.02. The molecule has 0 saturated carbocycles. The Balaban J connectivity index is 1.75. The van der Waals surface area contributed by atoms with Gasteiger partial charge < -0.3 is 14.9 Å². The van der Waals surface area contributed by atoms with E-state index < -0.39 is 0 Å². The number of hydrogen-bond acceptors (Lipinski definition) is 5. The van der Waals surface area contributed by atoms with Crippen molar-refractivity contribution < 1.29 is 14.7 Å². The van der Waals surface area contributed by atoms with Gasteiger partial charge >= 0.3 is 0 Å². The van der Waals surface area contributed by atoms with Crippen LogP contribution in [0, 0.1) is 0 Å².